The first-order valence-electron chi connectivity index (χ1n) is 5.29. The number of hydrogen-bond acceptors (Lipinski definition) is 3. The number of rotatable bonds is 5. The standard InChI is InChI=1S/C11H20O3/c1-11(2,3)10(12)13-7-5-4-6-9-8-14-9/h9H,4-8H2,1-3H3/t9-/m0/s1. The third-order valence-electron chi connectivity index (χ3n) is 2.17. The largest absolute Gasteiger partial charge is 0.465 e. The van der Waals surface area contributed by atoms with Crippen molar-refractivity contribution in [3.8, 4) is 0 Å². The van der Waals surface area contributed by atoms with Crippen molar-refractivity contribution in [1.82, 2.24) is 0 Å². The average Bonchev–Trinajstić information content (AvgIpc) is 2.85. The Labute approximate surface area is 85.8 Å². The van der Waals surface area contributed by atoms with Gasteiger partial charge in [-0.25, -0.2) is 0 Å². The van der Waals surface area contributed by atoms with Gasteiger partial charge in [0, 0.05) is 0 Å². The molecule has 0 radical (unpaired) electrons. The second kappa shape index (κ2) is 4.78. The van der Waals surface area contributed by atoms with Crippen LogP contribution in [0, 0.1) is 5.41 Å². The van der Waals surface area contributed by atoms with E-state index >= 15 is 0 Å². The average molecular weight is 200 g/mol. The van der Waals surface area contributed by atoms with Gasteiger partial charge in [0.05, 0.1) is 24.7 Å². The van der Waals surface area contributed by atoms with E-state index in [0.29, 0.717) is 12.7 Å². The number of ether oxygens (including phenoxy) is 2. The summed E-state index contributed by atoms with van der Waals surface area (Å²) in [7, 11) is 0. The van der Waals surface area contributed by atoms with Crippen molar-refractivity contribution in [2.45, 2.75) is 46.1 Å². The number of carbonyl (C=O) groups excluding carboxylic acids is 1. The van der Waals surface area contributed by atoms with Crippen LogP contribution >= 0.6 is 0 Å². The minimum absolute atomic E-state index is 0.111. The number of esters is 1. The van der Waals surface area contributed by atoms with Crippen molar-refractivity contribution in [2.75, 3.05) is 13.2 Å². The lowest BCUT2D eigenvalue weighted by Gasteiger charge is -2.16. The molecule has 0 N–H and O–H groups in total. The van der Waals surface area contributed by atoms with Crippen LogP contribution in [-0.2, 0) is 14.3 Å². The normalized spacial score (nSPS) is 20.6. The Hall–Kier alpha value is -0.570. The predicted octanol–water partition coefficient (Wildman–Crippen LogP) is 2.14. The minimum atomic E-state index is -0.375. The van der Waals surface area contributed by atoms with E-state index in [9.17, 15) is 4.79 Å². The summed E-state index contributed by atoms with van der Waals surface area (Å²) in [5.41, 5.74) is -0.375. The molecule has 0 aromatic rings. The third kappa shape index (κ3) is 4.61. The molecule has 0 amide bonds. The van der Waals surface area contributed by atoms with Crippen LogP contribution in [0.3, 0.4) is 0 Å². The van der Waals surface area contributed by atoms with E-state index in [2.05, 4.69) is 0 Å². The van der Waals surface area contributed by atoms with Gasteiger partial charge < -0.3 is 9.47 Å². The summed E-state index contributed by atoms with van der Waals surface area (Å²) in [6, 6.07) is 0. The molecule has 1 aliphatic heterocycles. The molecule has 0 bridgehead atoms. The second-order valence-corrected chi connectivity index (χ2v) is 4.84. The fraction of sp³-hybridized carbons (Fsp3) is 0.909. The highest BCUT2D eigenvalue weighted by atomic mass is 16.6. The molecule has 14 heavy (non-hydrogen) atoms. The molecule has 1 fully saturated rings. The Morgan fingerprint density at radius 3 is 2.57 bits per heavy atom. The first-order chi connectivity index (χ1) is 6.50. The topological polar surface area (TPSA) is 38.8 Å². The SMILES string of the molecule is CC(C)(C)C(=O)OCCCC[C@H]1CO1. The molecule has 0 aromatic heterocycles. The van der Waals surface area contributed by atoms with E-state index in [1.807, 2.05) is 20.8 Å². The fourth-order valence-corrected chi connectivity index (χ4v) is 1.09. The molecule has 0 unspecified atom stereocenters. The van der Waals surface area contributed by atoms with Crippen LogP contribution in [-0.4, -0.2) is 25.3 Å². The summed E-state index contributed by atoms with van der Waals surface area (Å²) in [5.74, 6) is -0.111. The van der Waals surface area contributed by atoms with Crippen molar-refractivity contribution in [3.05, 3.63) is 0 Å². The lowest BCUT2D eigenvalue weighted by Crippen LogP contribution is -2.23. The highest BCUT2D eigenvalue weighted by Gasteiger charge is 2.23. The highest BCUT2D eigenvalue weighted by molar-refractivity contribution is 5.75. The minimum Gasteiger partial charge on any atom is -0.465 e. The van der Waals surface area contributed by atoms with Gasteiger partial charge in [-0.3, -0.25) is 4.79 Å². The monoisotopic (exact) mass is 200 g/mol. The first kappa shape index (κ1) is 11.5. The molecule has 1 heterocycles. The number of carbonyl (C=O) groups is 1. The second-order valence-electron chi connectivity index (χ2n) is 4.84. The molecular formula is C11H20O3. The van der Waals surface area contributed by atoms with Gasteiger partial charge in [0.15, 0.2) is 0 Å². The quantitative estimate of drug-likeness (QED) is 0.388. The summed E-state index contributed by atoms with van der Waals surface area (Å²) in [6.45, 7) is 7.07. The van der Waals surface area contributed by atoms with Gasteiger partial charge >= 0.3 is 5.97 Å². The summed E-state index contributed by atoms with van der Waals surface area (Å²) in [5, 5.41) is 0. The van der Waals surface area contributed by atoms with E-state index in [1.165, 1.54) is 0 Å². The number of hydrogen-bond donors (Lipinski definition) is 0. The molecule has 3 nitrogen and oxygen atoms in total. The third-order valence-corrected chi connectivity index (χ3v) is 2.17. The van der Waals surface area contributed by atoms with Gasteiger partial charge in [-0.1, -0.05) is 0 Å². The number of unbranched alkanes of at least 4 members (excludes halogenated alkanes) is 1. The van der Waals surface area contributed by atoms with Crippen LogP contribution in [0.25, 0.3) is 0 Å². The van der Waals surface area contributed by atoms with Crippen molar-refractivity contribution < 1.29 is 14.3 Å². The highest BCUT2D eigenvalue weighted by Crippen LogP contribution is 2.18. The van der Waals surface area contributed by atoms with Gasteiger partial charge in [-0.05, 0) is 40.0 Å². The van der Waals surface area contributed by atoms with Crippen molar-refractivity contribution in [2.24, 2.45) is 5.41 Å². The van der Waals surface area contributed by atoms with Gasteiger partial charge in [-0.15, -0.1) is 0 Å². The maximum atomic E-state index is 11.3. The van der Waals surface area contributed by atoms with Gasteiger partial charge in [0.25, 0.3) is 0 Å². The molecular weight excluding hydrogens is 180 g/mol. The smallest absolute Gasteiger partial charge is 0.311 e. The van der Waals surface area contributed by atoms with Crippen molar-refractivity contribution in [3.63, 3.8) is 0 Å². The molecule has 1 rings (SSSR count). The molecule has 0 spiro atoms. The Morgan fingerprint density at radius 2 is 2.07 bits per heavy atom. The molecule has 1 atom stereocenters. The molecule has 0 saturated carbocycles. The predicted molar refractivity (Wildman–Crippen MR) is 54.0 cm³/mol. The fourth-order valence-electron chi connectivity index (χ4n) is 1.09. The van der Waals surface area contributed by atoms with Crippen molar-refractivity contribution >= 4 is 5.97 Å². The lowest BCUT2D eigenvalue weighted by molar-refractivity contribution is -0.153. The zero-order valence-corrected chi connectivity index (χ0v) is 9.34. The summed E-state index contributed by atoms with van der Waals surface area (Å²) in [4.78, 5) is 11.3. The van der Waals surface area contributed by atoms with Crippen LogP contribution in [0.2, 0.25) is 0 Å². The zero-order chi connectivity index (χ0) is 10.6. The van der Waals surface area contributed by atoms with Crippen LogP contribution in [0.15, 0.2) is 0 Å². The van der Waals surface area contributed by atoms with E-state index in [-0.39, 0.29) is 11.4 Å². The van der Waals surface area contributed by atoms with E-state index < -0.39 is 0 Å². The van der Waals surface area contributed by atoms with Gasteiger partial charge in [-0.2, -0.15) is 0 Å². The molecule has 0 aromatic carbocycles. The number of epoxide rings is 1. The van der Waals surface area contributed by atoms with Crippen molar-refractivity contribution in [1.29, 1.82) is 0 Å². The molecule has 82 valence electrons. The Balaban J connectivity index is 1.94. The molecule has 1 aliphatic rings. The zero-order valence-electron chi connectivity index (χ0n) is 9.34. The van der Waals surface area contributed by atoms with E-state index in [4.69, 9.17) is 9.47 Å². The Bertz CT molecular complexity index is 189. The molecule has 0 aliphatic carbocycles. The van der Waals surface area contributed by atoms with Crippen LogP contribution in [0.5, 0.6) is 0 Å². The maximum Gasteiger partial charge on any atom is 0.311 e. The van der Waals surface area contributed by atoms with Crippen LogP contribution in [0.4, 0.5) is 0 Å². The molecule has 3 heteroatoms. The maximum absolute atomic E-state index is 11.3. The van der Waals surface area contributed by atoms with Gasteiger partial charge in [0.2, 0.25) is 0 Å². The van der Waals surface area contributed by atoms with Crippen LogP contribution in [0.1, 0.15) is 40.0 Å². The summed E-state index contributed by atoms with van der Waals surface area (Å²) < 4.78 is 10.2. The van der Waals surface area contributed by atoms with Gasteiger partial charge in [0.1, 0.15) is 0 Å². The van der Waals surface area contributed by atoms with E-state index in [1.54, 1.807) is 0 Å². The first-order valence-corrected chi connectivity index (χ1v) is 5.29. The Kier molecular flexibility index (Phi) is 3.93. The lowest BCUT2D eigenvalue weighted by atomic mass is 9.97. The summed E-state index contributed by atoms with van der Waals surface area (Å²) >= 11 is 0. The summed E-state index contributed by atoms with van der Waals surface area (Å²) in [6.07, 6.45) is 3.63. The van der Waals surface area contributed by atoms with Crippen LogP contribution < -0.4 is 0 Å². The molecule has 1 saturated heterocycles. The Morgan fingerprint density at radius 1 is 1.43 bits per heavy atom. The van der Waals surface area contributed by atoms with E-state index in [0.717, 1.165) is 25.9 Å².